The summed E-state index contributed by atoms with van der Waals surface area (Å²) < 4.78 is 17.9. The van der Waals surface area contributed by atoms with Gasteiger partial charge in [0, 0.05) is 64.3 Å². The zero-order chi connectivity index (χ0) is 59.7. The van der Waals surface area contributed by atoms with Crippen LogP contribution in [0.5, 0.6) is 0 Å². The van der Waals surface area contributed by atoms with E-state index in [1.54, 1.807) is 72.6 Å². The summed E-state index contributed by atoms with van der Waals surface area (Å²) in [6, 6.07) is 31.9. The molecule has 0 saturated heterocycles. The molecule has 0 saturated carbocycles. The second-order valence-corrected chi connectivity index (χ2v) is 19.8. The smallest absolute Gasteiger partial charge is 0.219 e. The van der Waals surface area contributed by atoms with Crippen LogP contribution in [0.3, 0.4) is 0 Å². The molecular formula is C59H54FN21O2. The molecular weight excluding hydrogens is 1050 g/mol. The van der Waals surface area contributed by atoms with Crippen LogP contribution in [-0.4, -0.2) is 96.2 Å². The van der Waals surface area contributed by atoms with Crippen LogP contribution in [0.2, 0.25) is 0 Å². The van der Waals surface area contributed by atoms with Gasteiger partial charge in [0.25, 0.3) is 0 Å². The number of carbonyl (C=O) groups excluding carboxylic acids is 2. The molecule has 10 aromatic rings. The van der Waals surface area contributed by atoms with Gasteiger partial charge < -0.3 is 27.1 Å². The van der Waals surface area contributed by atoms with Crippen molar-refractivity contribution >= 4 is 59.4 Å². The van der Waals surface area contributed by atoms with Gasteiger partial charge in [0.15, 0.2) is 12.6 Å². The Morgan fingerprint density at radius 1 is 0.627 bits per heavy atom. The molecule has 0 bridgehead atoms. The third-order valence-electron chi connectivity index (χ3n) is 11.6. The van der Waals surface area contributed by atoms with Crippen molar-refractivity contribution in [1.82, 2.24) is 59.0 Å². The summed E-state index contributed by atoms with van der Waals surface area (Å²) in [5.41, 5.74) is 27.8. The fourth-order valence-corrected chi connectivity index (χ4v) is 7.87. The predicted octanol–water partition coefficient (Wildman–Crippen LogP) is 9.03. The summed E-state index contributed by atoms with van der Waals surface area (Å²) in [5.74, 6) is 0.643. The van der Waals surface area contributed by atoms with E-state index < -0.39 is 5.82 Å². The average molecular weight is 1110 g/mol. The second-order valence-electron chi connectivity index (χ2n) is 19.8. The van der Waals surface area contributed by atoms with Crippen LogP contribution < -0.4 is 22.5 Å². The van der Waals surface area contributed by atoms with Gasteiger partial charge in [0.2, 0.25) is 11.9 Å². The molecule has 83 heavy (non-hydrogen) atoms. The molecule has 23 nitrogen and oxygen atoms in total. The van der Waals surface area contributed by atoms with Crippen molar-refractivity contribution in [3.05, 3.63) is 175 Å². The van der Waals surface area contributed by atoms with Crippen molar-refractivity contribution in [2.24, 2.45) is 9.98 Å². The van der Waals surface area contributed by atoms with Crippen molar-refractivity contribution in [2.75, 3.05) is 29.1 Å². The Labute approximate surface area is 476 Å². The van der Waals surface area contributed by atoms with E-state index in [0.717, 1.165) is 68.7 Å². The lowest BCUT2D eigenvalue weighted by Gasteiger charge is -2.25. The molecule has 1 aliphatic heterocycles. The van der Waals surface area contributed by atoms with E-state index in [9.17, 15) is 19.2 Å². The highest BCUT2D eigenvalue weighted by molar-refractivity contribution is 5.87. The van der Waals surface area contributed by atoms with Gasteiger partial charge in [-0.3, -0.25) is 14.6 Å². The first-order valence-electron chi connectivity index (χ1n) is 25.1. The Hall–Kier alpha value is -11.7. The highest BCUT2D eigenvalue weighted by Crippen LogP contribution is 2.36. The number of aromatic nitrogens is 12. The topological polar surface area (TPSA) is 351 Å². The number of aldehydes is 2. The molecule has 5 aromatic heterocycles. The van der Waals surface area contributed by atoms with Gasteiger partial charge in [-0.2, -0.15) is 26.0 Å². The number of nitrogens with two attached hydrogens (primary N) is 3. The summed E-state index contributed by atoms with van der Waals surface area (Å²) in [6.07, 6.45) is 17.2. The van der Waals surface area contributed by atoms with E-state index in [-0.39, 0.29) is 34.1 Å². The van der Waals surface area contributed by atoms with E-state index >= 15 is 0 Å². The molecule has 0 atom stereocenters. The molecule has 0 fully saturated rings. The molecule has 0 radical (unpaired) electrons. The number of anilines is 4. The Morgan fingerprint density at radius 2 is 1.16 bits per heavy atom. The highest BCUT2D eigenvalue weighted by atomic mass is 19.1. The number of carbonyl (C=O) groups is 2. The van der Waals surface area contributed by atoms with Gasteiger partial charge in [-0.25, -0.2) is 53.6 Å². The van der Waals surface area contributed by atoms with Crippen LogP contribution in [0.15, 0.2) is 151 Å². The van der Waals surface area contributed by atoms with Crippen LogP contribution in [0.1, 0.15) is 78.9 Å². The Morgan fingerprint density at radius 3 is 1.64 bits per heavy atom. The molecule has 0 unspecified atom stereocenters. The maximum absolute atomic E-state index is 12.6. The number of nitrogens with zero attached hydrogens (tertiary/aromatic N) is 17. The number of nitrogen functional groups attached to an aromatic ring is 3. The molecule has 0 aliphatic carbocycles. The largest absolute Gasteiger partial charge is 0.397 e. The number of nitriles is 3. The minimum absolute atomic E-state index is 0.0278. The normalized spacial score (nSPS) is 11.1. The molecule has 5 aromatic carbocycles. The number of aliphatic imine (C=N–C) groups is 2. The first-order chi connectivity index (χ1) is 39.8. The fourth-order valence-electron chi connectivity index (χ4n) is 7.87. The molecule has 6 heterocycles. The number of hydrogen-bond donors (Lipinski definition) is 4. The number of nitrogens with one attached hydrogen (secondary N) is 1. The van der Waals surface area contributed by atoms with Gasteiger partial charge >= 0.3 is 0 Å². The minimum Gasteiger partial charge on any atom is -0.397 e. The quantitative estimate of drug-likeness (QED) is 0.0814. The Bertz CT molecular complexity index is 4060. The van der Waals surface area contributed by atoms with E-state index in [1.807, 2.05) is 54.6 Å². The maximum Gasteiger partial charge on any atom is 0.219 e. The second kappa shape index (κ2) is 26.8. The first kappa shape index (κ1) is 59.0. The average Bonchev–Trinajstić information content (AvgIpc) is 2.40. The third kappa shape index (κ3) is 15.5. The molecule has 1 aliphatic rings. The van der Waals surface area contributed by atoms with Crippen molar-refractivity contribution in [3.63, 3.8) is 0 Å². The molecule has 0 amide bonds. The minimum atomic E-state index is -0.598. The highest BCUT2D eigenvalue weighted by Gasteiger charge is 2.25. The zero-order valence-electron chi connectivity index (χ0n) is 45.8. The van der Waals surface area contributed by atoms with Crippen LogP contribution in [0.25, 0.3) is 56.0 Å². The number of halogens is 1. The first-order valence-corrected chi connectivity index (χ1v) is 25.1. The lowest BCUT2D eigenvalue weighted by molar-refractivity contribution is 0.111. The van der Waals surface area contributed by atoms with E-state index in [1.165, 1.54) is 41.9 Å². The van der Waals surface area contributed by atoms with Crippen molar-refractivity contribution < 1.29 is 14.0 Å². The van der Waals surface area contributed by atoms with Crippen LogP contribution >= 0.6 is 0 Å². The van der Waals surface area contributed by atoms with E-state index in [0.29, 0.717) is 40.6 Å². The lowest BCUT2D eigenvalue weighted by atomic mass is 10.0. The summed E-state index contributed by atoms with van der Waals surface area (Å²) in [4.78, 5) is 57.4. The SMILES string of the molecule is C1=NC=NC1.CC(C)(C)Nc1ccc(-c2cnc(N)nc2)cc1N.CC(C)(C)n1c(-c2cc(C#N)ccc2-n2cncn2)nc2cc(-c3cnc(N)nc3)ccc21.N#Cc1ccc(-n2cncn2)c(C=O)c1.N#Cc1ccc(F)c(C=O)c1. The standard InChI is InChI=1S/C24H21N9.C14H19N5.C10H6N4O.C8H4FNO.C3H4N2/c1-24(2,3)33-21-7-5-16(17-11-28-23(26)29-12-17)9-19(21)31-22(33)18-8-15(10-25)4-6-20(18)32-14-27-13-30-32;1-14(2,3)19-12-5-4-9(6-11(12)15)10-7-17-13(16)18-8-10;11-4-8-1-2-10(9(3-8)5-15)14-7-12-6-13-14;9-8-2-1-6(4-10)3-7(8)5-11;1-2-5-3-4-1/h4-9,11-14H,1-3H3,(H2,26,28,29);4-8,19H,15H2,1-3H3,(H2,16,17,18);1-3,5-7H;1-3,5H;1,3H,2H2. The van der Waals surface area contributed by atoms with Crippen molar-refractivity contribution in [3.8, 4) is 63.2 Å². The Kier molecular flexibility index (Phi) is 19.0. The molecule has 414 valence electrons. The van der Waals surface area contributed by atoms with E-state index in [2.05, 4.69) is 108 Å². The van der Waals surface area contributed by atoms with E-state index in [4.69, 9.17) is 32.7 Å². The summed E-state index contributed by atoms with van der Waals surface area (Å²) in [5, 5.41) is 38.2. The van der Waals surface area contributed by atoms with Crippen LogP contribution in [0, 0.1) is 39.8 Å². The number of benzene rings is 5. The van der Waals surface area contributed by atoms with Crippen molar-refractivity contribution in [2.45, 2.75) is 52.6 Å². The number of hydrogen-bond acceptors (Lipinski definition) is 20. The predicted molar refractivity (Wildman–Crippen MR) is 315 cm³/mol. The monoisotopic (exact) mass is 1110 g/mol. The maximum atomic E-state index is 12.6. The van der Waals surface area contributed by atoms with Crippen molar-refractivity contribution in [1.29, 1.82) is 15.8 Å². The van der Waals surface area contributed by atoms with Gasteiger partial charge in [-0.05, 0) is 132 Å². The summed E-state index contributed by atoms with van der Waals surface area (Å²) >= 11 is 0. The number of fused-ring (bicyclic) bond motifs is 1. The van der Waals surface area contributed by atoms with Gasteiger partial charge in [0.1, 0.15) is 43.3 Å². The van der Waals surface area contributed by atoms with Crippen LogP contribution in [0.4, 0.5) is 27.7 Å². The van der Waals surface area contributed by atoms with Crippen LogP contribution in [-0.2, 0) is 5.54 Å². The third-order valence-corrected chi connectivity index (χ3v) is 11.6. The van der Waals surface area contributed by atoms with Gasteiger partial charge in [-0.15, -0.1) is 0 Å². The van der Waals surface area contributed by atoms with Gasteiger partial charge in [0.05, 0.1) is 80.8 Å². The zero-order valence-corrected chi connectivity index (χ0v) is 45.8. The number of rotatable bonds is 8. The number of imidazole rings is 1. The molecule has 24 heteroatoms. The fraction of sp³-hybridized carbons (Fsp3) is 0.153. The Balaban J connectivity index is 0.000000167. The molecule has 7 N–H and O–H groups in total. The lowest BCUT2D eigenvalue weighted by Crippen LogP contribution is -2.26. The molecule has 0 spiro atoms. The summed E-state index contributed by atoms with van der Waals surface area (Å²) in [7, 11) is 0. The molecule has 11 rings (SSSR count). The van der Waals surface area contributed by atoms with Gasteiger partial charge in [-0.1, -0.05) is 12.1 Å². The summed E-state index contributed by atoms with van der Waals surface area (Å²) in [6.45, 7) is 13.4.